The minimum Gasteiger partial charge on any atom is -0.481 e. The number of ketones is 1. The van der Waals surface area contributed by atoms with Crippen LogP contribution in [0.1, 0.15) is 33.1 Å². The molecule has 0 saturated heterocycles. The average Bonchev–Trinajstić information content (AvgIpc) is 2.02. The van der Waals surface area contributed by atoms with Gasteiger partial charge in [0.2, 0.25) is 0 Å². The summed E-state index contributed by atoms with van der Waals surface area (Å²) in [6.45, 7) is 4.15. The molecule has 0 bridgehead atoms. The number of unbranched alkanes of at least 4 members (excludes halogenated alkanes) is 1. The lowest BCUT2D eigenvalue weighted by molar-refractivity contribution is -0.139. The fourth-order valence-corrected chi connectivity index (χ4v) is 0.987. The minimum atomic E-state index is -0.941. The van der Waals surface area contributed by atoms with E-state index in [4.69, 9.17) is 5.11 Å². The first kappa shape index (κ1) is 12.1. The van der Waals surface area contributed by atoms with Crippen LogP contribution in [-0.2, 0) is 9.59 Å². The highest BCUT2D eigenvalue weighted by Crippen LogP contribution is 1.95. The predicted octanol–water partition coefficient (Wildman–Crippen LogP) is 0.808. The van der Waals surface area contributed by atoms with Gasteiger partial charge in [-0.25, -0.2) is 0 Å². The van der Waals surface area contributed by atoms with Gasteiger partial charge in [-0.2, -0.15) is 0 Å². The molecule has 4 heteroatoms. The summed E-state index contributed by atoms with van der Waals surface area (Å²) in [4.78, 5) is 21.3. The van der Waals surface area contributed by atoms with Crippen LogP contribution in [0.3, 0.4) is 0 Å². The van der Waals surface area contributed by atoms with E-state index < -0.39 is 12.0 Å². The Labute approximate surface area is 78.3 Å². The highest BCUT2D eigenvalue weighted by atomic mass is 16.4. The fourth-order valence-electron chi connectivity index (χ4n) is 0.987. The van der Waals surface area contributed by atoms with Crippen LogP contribution in [0, 0.1) is 0 Å². The molecule has 4 nitrogen and oxygen atoms in total. The molecule has 0 saturated carbocycles. The van der Waals surface area contributed by atoms with Crippen LogP contribution in [0.5, 0.6) is 0 Å². The Hall–Kier alpha value is -0.900. The first-order chi connectivity index (χ1) is 6.07. The van der Waals surface area contributed by atoms with Crippen LogP contribution in [-0.4, -0.2) is 29.4 Å². The van der Waals surface area contributed by atoms with Crippen molar-refractivity contribution in [2.75, 3.05) is 6.54 Å². The van der Waals surface area contributed by atoms with E-state index in [0.717, 1.165) is 12.8 Å². The van der Waals surface area contributed by atoms with Gasteiger partial charge in [-0.15, -0.1) is 0 Å². The monoisotopic (exact) mass is 187 g/mol. The lowest BCUT2D eigenvalue weighted by Crippen LogP contribution is -2.37. The number of hydrogen-bond acceptors (Lipinski definition) is 3. The van der Waals surface area contributed by atoms with E-state index in [0.29, 0.717) is 6.54 Å². The van der Waals surface area contributed by atoms with Crippen molar-refractivity contribution in [3.63, 3.8) is 0 Å². The molecule has 2 N–H and O–H groups in total. The number of carbonyl (C=O) groups excluding carboxylic acids is 1. The topological polar surface area (TPSA) is 66.4 Å². The molecule has 1 unspecified atom stereocenters. The molecule has 0 aliphatic heterocycles. The Balaban J connectivity index is 3.81. The van der Waals surface area contributed by atoms with Gasteiger partial charge >= 0.3 is 5.97 Å². The smallest absolute Gasteiger partial charge is 0.305 e. The molecule has 1 atom stereocenters. The number of carbonyl (C=O) groups is 2. The summed E-state index contributed by atoms with van der Waals surface area (Å²) in [5.41, 5.74) is 0. The third-order valence-electron chi connectivity index (χ3n) is 1.79. The number of Topliss-reactive ketones (excluding diaryl/α,β-unsaturated/α-hetero) is 1. The molecule has 0 aromatic rings. The zero-order chi connectivity index (χ0) is 10.3. The summed E-state index contributed by atoms with van der Waals surface area (Å²) in [5, 5.41) is 11.4. The second-order valence-electron chi connectivity index (χ2n) is 3.07. The van der Waals surface area contributed by atoms with E-state index in [9.17, 15) is 9.59 Å². The molecule has 0 fully saturated rings. The number of hydrogen-bond donors (Lipinski definition) is 2. The van der Waals surface area contributed by atoms with E-state index in [1.165, 1.54) is 6.92 Å². The largest absolute Gasteiger partial charge is 0.481 e. The van der Waals surface area contributed by atoms with E-state index in [-0.39, 0.29) is 12.2 Å². The van der Waals surface area contributed by atoms with Crippen LogP contribution in [0.15, 0.2) is 0 Å². The molecule has 0 rings (SSSR count). The molecule has 0 heterocycles. The quantitative estimate of drug-likeness (QED) is 0.579. The normalized spacial score (nSPS) is 12.5. The number of aliphatic carboxylic acids is 1. The third kappa shape index (κ3) is 6.28. The zero-order valence-corrected chi connectivity index (χ0v) is 8.17. The molecule has 0 aliphatic carbocycles. The van der Waals surface area contributed by atoms with Gasteiger partial charge in [0.05, 0.1) is 12.5 Å². The first-order valence-electron chi connectivity index (χ1n) is 4.53. The van der Waals surface area contributed by atoms with Gasteiger partial charge in [-0.1, -0.05) is 13.3 Å². The standard InChI is InChI=1S/C9H17NO3/c1-3-4-5-10-8(7(2)11)6-9(12)13/h8,10H,3-6H2,1-2H3,(H,12,13). The lowest BCUT2D eigenvalue weighted by atomic mass is 10.1. The minimum absolute atomic E-state index is 0.112. The summed E-state index contributed by atoms with van der Waals surface area (Å²) in [7, 11) is 0. The number of nitrogens with one attached hydrogen (secondary N) is 1. The summed E-state index contributed by atoms with van der Waals surface area (Å²) in [6, 6.07) is -0.524. The molecule has 13 heavy (non-hydrogen) atoms. The maximum Gasteiger partial charge on any atom is 0.305 e. The number of carboxylic acids is 1. The van der Waals surface area contributed by atoms with Gasteiger partial charge in [0.1, 0.15) is 5.78 Å². The molecule has 0 aliphatic rings. The zero-order valence-electron chi connectivity index (χ0n) is 8.17. The third-order valence-corrected chi connectivity index (χ3v) is 1.79. The molecule has 76 valence electrons. The predicted molar refractivity (Wildman–Crippen MR) is 49.6 cm³/mol. The van der Waals surface area contributed by atoms with E-state index in [2.05, 4.69) is 5.32 Å². The fraction of sp³-hybridized carbons (Fsp3) is 0.778. The van der Waals surface area contributed by atoms with Crippen molar-refractivity contribution in [3.8, 4) is 0 Å². The van der Waals surface area contributed by atoms with Gasteiger partial charge in [-0.05, 0) is 19.9 Å². The Morgan fingerprint density at radius 2 is 2.08 bits per heavy atom. The van der Waals surface area contributed by atoms with Crippen molar-refractivity contribution >= 4 is 11.8 Å². The Kier molecular flexibility index (Phi) is 6.14. The number of rotatable bonds is 7. The number of carboxylic acid groups (broad SMARTS) is 1. The summed E-state index contributed by atoms with van der Waals surface area (Å²) < 4.78 is 0. The molecular weight excluding hydrogens is 170 g/mol. The van der Waals surface area contributed by atoms with Crippen LogP contribution in [0.4, 0.5) is 0 Å². The Bertz CT molecular complexity index is 180. The van der Waals surface area contributed by atoms with Crippen LogP contribution in [0.25, 0.3) is 0 Å². The first-order valence-corrected chi connectivity index (χ1v) is 4.53. The second kappa shape index (κ2) is 6.60. The van der Waals surface area contributed by atoms with Crippen molar-refractivity contribution in [1.82, 2.24) is 5.32 Å². The highest BCUT2D eigenvalue weighted by molar-refractivity contribution is 5.85. The van der Waals surface area contributed by atoms with Crippen molar-refractivity contribution in [2.45, 2.75) is 39.2 Å². The molecule has 0 amide bonds. The van der Waals surface area contributed by atoms with Crippen LogP contribution < -0.4 is 5.32 Å². The maximum atomic E-state index is 10.9. The SMILES string of the molecule is CCCCNC(CC(=O)O)C(C)=O. The molecular formula is C9H17NO3. The maximum absolute atomic E-state index is 10.9. The molecule has 0 spiro atoms. The highest BCUT2D eigenvalue weighted by Gasteiger charge is 2.16. The van der Waals surface area contributed by atoms with E-state index >= 15 is 0 Å². The van der Waals surface area contributed by atoms with Crippen molar-refractivity contribution in [3.05, 3.63) is 0 Å². The molecule has 0 radical (unpaired) electrons. The van der Waals surface area contributed by atoms with Crippen LogP contribution in [0.2, 0.25) is 0 Å². The average molecular weight is 187 g/mol. The summed E-state index contributed by atoms with van der Waals surface area (Å²) in [5.74, 6) is -1.05. The van der Waals surface area contributed by atoms with Gasteiger partial charge in [0, 0.05) is 0 Å². The van der Waals surface area contributed by atoms with Gasteiger partial charge in [0.15, 0.2) is 0 Å². The van der Waals surface area contributed by atoms with E-state index in [1.54, 1.807) is 0 Å². The van der Waals surface area contributed by atoms with Gasteiger partial charge in [0.25, 0.3) is 0 Å². The lowest BCUT2D eigenvalue weighted by Gasteiger charge is -2.12. The van der Waals surface area contributed by atoms with Crippen LogP contribution >= 0.6 is 0 Å². The second-order valence-corrected chi connectivity index (χ2v) is 3.07. The van der Waals surface area contributed by atoms with Crippen molar-refractivity contribution in [2.24, 2.45) is 0 Å². The molecule has 0 aromatic carbocycles. The van der Waals surface area contributed by atoms with E-state index in [1.807, 2.05) is 6.92 Å². The Morgan fingerprint density at radius 1 is 1.46 bits per heavy atom. The summed E-state index contributed by atoms with van der Waals surface area (Å²) in [6.07, 6.45) is 1.87. The van der Waals surface area contributed by atoms with Crippen molar-refractivity contribution < 1.29 is 14.7 Å². The van der Waals surface area contributed by atoms with Gasteiger partial charge < -0.3 is 10.4 Å². The van der Waals surface area contributed by atoms with Crippen molar-refractivity contribution in [1.29, 1.82) is 0 Å². The summed E-state index contributed by atoms with van der Waals surface area (Å²) >= 11 is 0. The molecule has 0 aromatic heterocycles. The van der Waals surface area contributed by atoms with Gasteiger partial charge in [-0.3, -0.25) is 9.59 Å². The Morgan fingerprint density at radius 3 is 2.46 bits per heavy atom.